The topological polar surface area (TPSA) is 103 Å². The van der Waals surface area contributed by atoms with Crippen LogP contribution in [0.25, 0.3) is 22.2 Å². The Hall–Kier alpha value is -4.48. The number of amides is 1. The standard InChI is InChI=1S/C34H34N6O4S/c1-37-28-21-35-32-30(27(24-10-4-2-5-11-24)23-40(32)45(42,43)26-12-6-3-7-13-26)31(28)34(33(37)41)15-17-38(18-16-34)25-20-36-39(22-25)29-14-8-9-19-44-29/h2-7,10-13,20-23,29H,8-9,14-19H2,1H3. The smallest absolute Gasteiger partial charge is 0.269 e. The second kappa shape index (κ2) is 10.6. The molecular weight excluding hydrogens is 588 g/mol. The Kier molecular flexibility index (Phi) is 6.58. The van der Waals surface area contributed by atoms with Crippen LogP contribution in [0.3, 0.4) is 0 Å². The van der Waals surface area contributed by atoms with E-state index in [9.17, 15) is 13.2 Å². The molecule has 5 aromatic rings. The van der Waals surface area contributed by atoms with E-state index in [-0.39, 0.29) is 17.0 Å². The fourth-order valence-electron chi connectivity index (χ4n) is 7.35. The molecule has 2 fully saturated rings. The van der Waals surface area contributed by atoms with E-state index in [4.69, 9.17) is 9.72 Å². The zero-order chi connectivity index (χ0) is 30.8. The second-order valence-electron chi connectivity index (χ2n) is 12.2. The van der Waals surface area contributed by atoms with Crippen molar-refractivity contribution in [2.45, 2.75) is 48.6 Å². The van der Waals surface area contributed by atoms with Gasteiger partial charge < -0.3 is 14.5 Å². The molecule has 45 heavy (non-hydrogen) atoms. The van der Waals surface area contributed by atoms with Gasteiger partial charge in [-0.2, -0.15) is 5.10 Å². The number of benzene rings is 2. The molecule has 8 rings (SSSR count). The van der Waals surface area contributed by atoms with Crippen molar-refractivity contribution >= 4 is 38.3 Å². The zero-order valence-corrected chi connectivity index (χ0v) is 25.9. The second-order valence-corrected chi connectivity index (χ2v) is 14.0. The normalized spacial score (nSPS) is 19.8. The molecule has 3 aliphatic rings. The van der Waals surface area contributed by atoms with Gasteiger partial charge in [-0.05, 0) is 49.8 Å². The number of hydrogen-bond acceptors (Lipinski definition) is 7. The summed E-state index contributed by atoms with van der Waals surface area (Å²) in [5, 5.41) is 5.33. The lowest BCUT2D eigenvalue weighted by atomic mass is 9.72. The van der Waals surface area contributed by atoms with Crippen LogP contribution in [0.1, 0.15) is 43.9 Å². The van der Waals surface area contributed by atoms with Gasteiger partial charge in [0.05, 0.1) is 40.3 Å². The number of carbonyl (C=O) groups is 1. The summed E-state index contributed by atoms with van der Waals surface area (Å²) in [4.78, 5) is 23.1. The monoisotopic (exact) mass is 622 g/mol. The summed E-state index contributed by atoms with van der Waals surface area (Å²) in [6.07, 6.45) is 11.6. The molecule has 0 N–H and O–H groups in total. The van der Waals surface area contributed by atoms with Crippen LogP contribution in [0, 0.1) is 0 Å². The summed E-state index contributed by atoms with van der Waals surface area (Å²) in [5.74, 6) is 0.0235. The van der Waals surface area contributed by atoms with Gasteiger partial charge in [0, 0.05) is 49.5 Å². The summed E-state index contributed by atoms with van der Waals surface area (Å²) in [7, 11) is -2.17. The Morgan fingerprint density at radius 1 is 0.933 bits per heavy atom. The first-order valence-corrected chi connectivity index (χ1v) is 16.9. The van der Waals surface area contributed by atoms with Crippen LogP contribution in [0.2, 0.25) is 0 Å². The van der Waals surface area contributed by atoms with E-state index >= 15 is 0 Å². The molecule has 10 nitrogen and oxygen atoms in total. The number of ether oxygens (including phenoxy) is 1. The van der Waals surface area contributed by atoms with Gasteiger partial charge in [-0.15, -0.1) is 0 Å². The van der Waals surface area contributed by atoms with Gasteiger partial charge in [-0.25, -0.2) is 22.1 Å². The number of carbonyl (C=O) groups excluding carboxylic acids is 1. The maximum absolute atomic E-state index is 14.2. The zero-order valence-electron chi connectivity index (χ0n) is 25.0. The van der Waals surface area contributed by atoms with Gasteiger partial charge in [0.25, 0.3) is 10.0 Å². The Morgan fingerprint density at radius 2 is 1.67 bits per heavy atom. The third-order valence-corrected chi connectivity index (χ3v) is 11.4. The molecule has 1 atom stereocenters. The molecule has 1 spiro atoms. The third-order valence-electron chi connectivity index (χ3n) is 9.72. The van der Waals surface area contributed by atoms with Crippen LogP contribution in [-0.4, -0.2) is 59.8 Å². The van der Waals surface area contributed by atoms with E-state index in [1.165, 1.54) is 3.97 Å². The van der Waals surface area contributed by atoms with E-state index in [1.54, 1.807) is 54.7 Å². The number of anilines is 2. The van der Waals surface area contributed by atoms with Gasteiger partial charge in [0.1, 0.15) is 6.23 Å². The lowest BCUT2D eigenvalue weighted by molar-refractivity contribution is -0.123. The minimum Gasteiger partial charge on any atom is -0.369 e. The SMILES string of the molecule is CN1C(=O)C2(CCN(c3cnn(C4CCCCO4)c3)CC2)c2c1cnc1c2c(-c2ccccc2)cn1S(=O)(=O)c1ccccc1. The van der Waals surface area contributed by atoms with Crippen LogP contribution in [0.4, 0.5) is 11.4 Å². The first-order valence-electron chi connectivity index (χ1n) is 15.5. The molecule has 2 saturated heterocycles. The molecule has 11 heteroatoms. The number of likely N-dealkylation sites (N-methyl/N-ethyl adjacent to an activating group) is 1. The number of rotatable bonds is 5. The highest BCUT2D eigenvalue weighted by atomic mass is 32.2. The highest BCUT2D eigenvalue weighted by Gasteiger charge is 2.53. The van der Waals surface area contributed by atoms with E-state index < -0.39 is 15.4 Å². The van der Waals surface area contributed by atoms with Gasteiger partial charge in [0.2, 0.25) is 5.91 Å². The van der Waals surface area contributed by atoms with Crippen molar-refractivity contribution in [3.05, 3.63) is 91.0 Å². The predicted molar refractivity (Wildman–Crippen MR) is 172 cm³/mol. The minimum atomic E-state index is -3.96. The Morgan fingerprint density at radius 3 is 2.38 bits per heavy atom. The first kappa shape index (κ1) is 28.0. The molecule has 2 aromatic carbocycles. The maximum atomic E-state index is 14.2. The molecule has 0 bridgehead atoms. The van der Waals surface area contributed by atoms with Crippen molar-refractivity contribution in [1.29, 1.82) is 0 Å². The average Bonchev–Trinajstić information content (AvgIpc) is 3.79. The fraction of sp³-hybridized carbons (Fsp3) is 0.324. The van der Waals surface area contributed by atoms with Crippen LogP contribution in [-0.2, 0) is 25.0 Å². The Bertz CT molecular complexity index is 2010. The average molecular weight is 623 g/mol. The van der Waals surface area contributed by atoms with Crippen LogP contribution in [0.5, 0.6) is 0 Å². The first-order chi connectivity index (χ1) is 21.9. The quantitative estimate of drug-likeness (QED) is 0.260. The van der Waals surface area contributed by atoms with Crippen molar-refractivity contribution in [2.24, 2.45) is 0 Å². The highest BCUT2D eigenvalue weighted by molar-refractivity contribution is 7.90. The van der Waals surface area contributed by atoms with Crippen molar-refractivity contribution < 1.29 is 17.9 Å². The lowest BCUT2D eigenvalue weighted by Crippen LogP contribution is -2.48. The van der Waals surface area contributed by atoms with E-state index in [2.05, 4.69) is 16.2 Å². The third kappa shape index (κ3) is 4.32. The summed E-state index contributed by atoms with van der Waals surface area (Å²) in [6, 6.07) is 18.1. The van der Waals surface area contributed by atoms with Crippen LogP contribution >= 0.6 is 0 Å². The Labute approximate surface area is 261 Å². The number of aromatic nitrogens is 4. The van der Waals surface area contributed by atoms with Gasteiger partial charge in [-0.3, -0.25) is 4.79 Å². The van der Waals surface area contributed by atoms with Crippen molar-refractivity contribution in [2.75, 3.05) is 36.5 Å². The van der Waals surface area contributed by atoms with Gasteiger partial charge >= 0.3 is 0 Å². The molecule has 3 aromatic heterocycles. The van der Waals surface area contributed by atoms with Crippen molar-refractivity contribution in [3.8, 4) is 11.1 Å². The number of hydrogen-bond donors (Lipinski definition) is 0. The van der Waals surface area contributed by atoms with Crippen molar-refractivity contribution in [3.63, 3.8) is 0 Å². The number of piperidine rings is 1. The molecule has 0 aliphatic carbocycles. The van der Waals surface area contributed by atoms with Gasteiger partial charge in [0.15, 0.2) is 5.65 Å². The summed E-state index contributed by atoms with van der Waals surface area (Å²) >= 11 is 0. The molecule has 0 radical (unpaired) electrons. The highest BCUT2D eigenvalue weighted by Crippen LogP contribution is 2.52. The number of pyridine rings is 1. The van der Waals surface area contributed by atoms with Crippen molar-refractivity contribution in [1.82, 2.24) is 18.7 Å². The number of nitrogens with zero attached hydrogens (tertiary/aromatic N) is 6. The lowest BCUT2D eigenvalue weighted by Gasteiger charge is -2.39. The summed E-state index contributed by atoms with van der Waals surface area (Å²) < 4.78 is 37.2. The van der Waals surface area contributed by atoms with E-state index in [0.717, 1.165) is 53.9 Å². The molecule has 230 valence electrons. The molecule has 6 heterocycles. The molecule has 1 amide bonds. The number of fused-ring (bicyclic) bond motifs is 4. The summed E-state index contributed by atoms with van der Waals surface area (Å²) in [5.41, 5.74) is 3.75. The Balaban J connectivity index is 1.24. The predicted octanol–water partition coefficient (Wildman–Crippen LogP) is 5.35. The molecule has 3 aliphatic heterocycles. The molecule has 0 saturated carbocycles. The van der Waals surface area contributed by atoms with E-state index in [1.807, 2.05) is 41.2 Å². The largest absolute Gasteiger partial charge is 0.369 e. The molecular formula is C34H34N6O4S. The minimum absolute atomic E-state index is 0.0235. The van der Waals surface area contributed by atoms with E-state index in [0.29, 0.717) is 37.0 Å². The molecule has 1 unspecified atom stereocenters. The van der Waals surface area contributed by atoms with Gasteiger partial charge in [-0.1, -0.05) is 48.5 Å². The summed E-state index contributed by atoms with van der Waals surface area (Å²) in [6.45, 7) is 2.07. The maximum Gasteiger partial charge on any atom is 0.269 e. The fourth-order valence-corrected chi connectivity index (χ4v) is 8.69. The van der Waals surface area contributed by atoms with Crippen LogP contribution < -0.4 is 9.80 Å². The van der Waals surface area contributed by atoms with Crippen LogP contribution in [0.15, 0.2) is 90.3 Å².